The Balaban J connectivity index is 1.84. The summed E-state index contributed by atoms with van der Waals surface area (Å²) < 4.78 is 25.7. The summed E-state index contributed by atoms with van der Waals surface area (Å²) in [6.45, 7) is 0. The quantitative estimate of drug-likeness (QED) is 0.843. The van der Waals surface area contributed by atoms with E-state index in [-0.39, 0.29) is 11.6 Å². The van der Waals surface area contributed by atoms with Gasteiger partial charge in [-0.3, -0.25) is 0 Å². The first-order chi connectivity index (χ1) is 9.13. The van der Waals surface area contributed by atoms with Crippen molar-refractivity contribution < 1.29 is 13.9 Å². The van der Waals surface area contributed by atoms with Crippen LogP contribution in [0.5, 0.6) is 0 Å². The second-order valence-corrected chi connectivity index (χ2v) is 5.35. The van der Waals surface area contributed by atoms with E-state index in [2.05, 4.69) is 0 Å². The molecule has 0 heterocycles. The highest BCUT2D eigenvalue weighted by Crippen LogP contribution is 2.20. The second kappa shape index (κ2) is 6.68. The van der Waals surface area contributed by atoms with Crippen molar-refractivity contribution in [3.63, 3.8) is 0 Å². The normalized spacial score (nSPS) is 12.4. The molecule has 0 saturated heterocycles. The fourth-order valence-corrected chi connectivity index (χ4v) is 2.57. The lowest BCUT2D eigenvalue weighted by Crippen LogP contribution is -2.13. The molecule has 4 heteroatoms. The molecule has 1 unspecified atom stereocenters. The average Bonchev–Trinajstić information content (AvgIpc) is 2.39. The number of benzene rings is 2. The van der Waals surface area contributed by atoms with Crippen LogP contribution in [0.1, 0.15) is 5.56 Å². The summed E-state index contributed by atoms with van der Waals surface area (Å²) in [5.41, 5.74) is 0.883. The number of hydrogen-bond donors (Lipinski definition) is 1. The number of hydrogen-bond acceptors (Lipinski definition) is 2. The van der Waals surface area contributed by atoms with Crippen LogP contribution in [0.4, 0.5) is 8.78 Å². The third-order valence-corrected chi connectivity index (χ3v) is 3.76. The molecule has 1 nitrogen and oxygen atoms in total. The Hall–Kier alpha value is -1.39. The van der Waals surface area contributed by atoms with Crippen molar-refractivity contribution in [1.82, 2.24) is 0 Å². The summed E-state index contributed by atoms with van der Waals surface area (Å²) in [5, 5.41) is 9.89. The molecule has 0 aliphatic carbocycles. The average molecular weight is 280 g/mol. The maximum Gasteiger partial charge on any atom is 0.124 e. The van der Waals surface area contributed by atoms with Crippen molar-refractivity contribution in [3.05, 3.63) is 65.7 Å². The van der Waals surface area contributed by atoms with Gasteiger partial charge in [-0.05, 0) is 42.3 Å². The van der Waals surface area contributed by atoms with Crippen LogP contribution in [0, 0.1) is 11.6 Å². The molecule has 0 aliphatic heterocycles. The van der Waals surface area contributed by atoms with Crippen LogP contribution < -0.4 is 0 Å². The first-order valence-electron chi connectivity index (χ1n) is 5.94. The topological polar surface area (TPSA) is 20.2 Å². The van der Waals surface area contributed by atoms with Crippen LogP contribution in [0.15, 0.2) is 53.4 Å². The van der Waals surface area contributed by atoms with E-state index >= 15 is 0 Å². The molecule has 0 aromatic heterocycles. The molecule has 0 bridgehead atoms. The third kappa shape index (κ3) is 4.65. The lowest BCUT2D eigenvalue weighted by atomic mass is 10.1. The van der Waals surface area contributed by atoms with Gasteiger partial charge in [0, 0.05) is 10.6 Å². The third-order valence-electron chi connectivity index (χ3n) is 2.62. The Morgan fingerprint density at radius 3 is 2.42 bits per heavy atom. The van der Waals surface area contributed by atoms with Crippen LogP contribution in [-0.4, -0.2) is 17.0 Å². The molecule has 1 N–H and O–H groups in total. The molecule has 0 spiro atoms. The maximum absolute atomic E-state index is 13.0. The van der Waals surface area contributed by atoms with E-state index < -0.39 is 6.10 Å². The molecule has 0 fully saturated rings. The number of halogens is 2. The van der Waals surface area contributed by atoms with Gasteiger partial charge in [-0.1, -0.05) is 18.2 Å². The molecule has 2 rings (SSSR count). The van der Waals surface area contributed by atoms with E-state index in [0.717, 1.165) is 10.5 Å². The van der Waals surface area contributed by atoms with Gasteiger partial charge in [0.1, 0.15) is 11.6 Å². The van der Waals surface area contributed by atoms with Crippen LogP contribution in [0.3, 0.4) is 0 Å². The maximum atomic E-state index is 13.0. The van der Waals surface area contributed by atoms with E-state index in [4.69, 9.17) is 0 Å². The monoisotopic (exact) mass is 280 g/mol. The molecule has 0 saturated carbocycles. The van der Waals surface area contributed by atoms with E-state index in [1.54, 1.807) is 24.3 Å². The Kier molecular flexibility index (Phi) is 4.93. The van der Waals surface area contributed by atoms with Gasteiger partial charge in [0.15, 0.2) is 0 Å². The molecule has 1 atom stereocenters. The molecule has 0 radical (unpaired) electrons. The molecular formula is C15H14F2OS. The van der Waals surface area contributed by atoms with Crippen molar-refractivity contribution in [1.29, 1.82) is 0 Å². The second-order valence-electron chi connectivity index (χ2n) is 4.25. The van der Waals surface area contributed by atoms with Crippen molar-refractivity contribution in [2.75, 3.05) is 5.75 Å². The van der Waals surface area contributed by atoms with Gasteiger partial charge >= 0.3 is 0 Å². The Morgan fingerprint density at radius 1 is 1.00 bits per heavy atom. The van der Waals surface area contributed by atoms with Gasteiger partial charge in [0.2, 0.25) is 0 Å². The first-order valence-corrected chi connectivity index (χ1v) is 6.93. The summed E-state index contributed by atoms with van der Waals surface area (Å²) in [7, 11) is 0. The van der Waals surface area contributed by atoms with E-state index in [1.165, 1.54) is 36.0 Å². The molecule has 100 valence electrons. The lowest BCUT2D eigenvalue weighted by Gasteiger charge is -2.10. The Bertz CT molecular complexity index is 528. The van der Waals surface area contributed by atoms with Gasteiger partial charge in [-0.15, -0.1) is 11.8 Å². The molecule has 2 aromatic rings. The minimum atomic E-state index is -0.543. The minimum absolute atomic E-state index is 0.280. The highest BCUT2D eigenvalue weighted by Gasteiger charge is 2.07. The largest absolute Gasteiger partial charge is 0.392 e. The van der Waals surface area contributed by atoms with Gasteiger partial charge < -0.3 is 5.11 Å². The van der Waals surface area contributed by atoms with Crippen LogP contribution in [0.25, 0.3) is 0 Å². The zero-order chi connectivity index (χ0) is 13.7. The fraction of sp³-hybridized carbons (Fsp3) is 0.200. The van der Waals surface area contributed by atoms with E-state index in [0.29, 0.717) is 12.2 Å². The van der Waals surface area contributed by atoms with Crippen LogP contribution in [-0.2, 0) is 6.42 Å². The number of thioether (sulfide) groups is 1. The van der Waals surface area contributed by atoms with E-state index in [9.17, 15) is 13.9 Å². The predicted molar refractivity (Wildman–Crippen MR) is 73.2 cm³/mol. The minimum Gasteiger partial charge on any atom is -0.392 e. The summed E-state index contributed by atoms with van der Waals surface area (Å²) in [5.74, 6) is -0.0914. The Morgan fingerprint density at radius 2 is 1.74 bits per heavy atom. The number of aliphatic hydroxyl groups excluding tert-OH is 1. The molecule has 0 amide bonds. The predicted octanol–water partition coefficient (Wildman–Crippen LogP) is 3.66. The summed E-state index contributed by atoms with van der Waals surface area (Å²) in [4.78, 5) is 0.790. The highest BCUT2D eigenvalue weighted by atomic mass is 32.2. The first kappa shape index (κ1) is 14.0. The number of aliphatic hydroxyl groups is 1. The number of rotatable bonds is 5. The summed E-state index contributed by atoms with van der Waals surface area (Å²) in [6, 6.07) is 12.3. The molecule has 0 aliphatic rings. The van der Waals surface area contributed by atoms with E-state index in [1.807, 2.05) is 0 Å². The fourth-order valence-electron chi connectivity index (χ4n) is 1.70. The van der Waals surface area contributed by atoms with Crippen molar-refractivity contribution in [3.8, 4) is 0 Å². The van der Waals surface area contributed by atoms with Crippen molar-refractivity contribution in [2.24, 2.45) is 0 Å². The van der Waals surface area contributed by atoms with Crippen LogP contribution >= 0.6 is 11.8 Å². The van der Waals surface area contributed by atoms with Crippen molar-refractivity contribution >= 4 is 11.8 Å². The van der Waals surface area contributed by atoms with Crippen molar-refractivity contribution in [2.45, 2.75) is 17.4 Å². The molecule has 19 heavy (non-hydrogen) atoms. The Labute approximate surface area is 115 Å². The van der Waals surface area contributed by atoms with Gasteiger partial charge in [-0.2, -0.15) is 0 Å². The lowest BCUT2D eigenvalue weighted by molar-refractivity contribution is 0.200. The van der Waals surface area contributed by atoms with Gasteiger partial charge in [0.25, 0.3) is 0 Å². The summed E-state index contributed by atoms with van der Waals surface area (Å²) in [6.07, 6.45) is -0.0819. The highest BCUT2D eigenvalue weighted by molar-refractivity contribution is 7.99. The summed E-state index contributed by atoms with van der Waals surface area (Å²) >= 11 is 1.40. The van der Waals surface area contributed by atoms with Gasteiger partial charge in [0.05, 0.1) is 6.10 Å². The van der Waals surface area contributed by atoms with Gasteiger partial charge in [-0.25, -0.2) is 8.78 Å². The molecular weight excluding hydrogens is 266 g/mol. The molecule has 2 aromatic carbocycles. The standard InChI is InChI=1S/C15H14F2OS/c16-12-6-4-11(5-7-12)8-14(18)10-19-15-3-1-2-13(17)9-15/h1-7,9,14,18H,8,10H2. The smallest absolute Gasteiger partial charge is 0.124 e. The zero-order valence-corrected chi connectivity index (χ0v) is 11.0. The zero-order valence-electron chi connectivity index (χ0n) is 10.2. The van der Waals surface area contributed by atoms with Crippen LogP contribution in [0.2, 0.25) is 0 Å². The SMILES string of the molecule is OC(CSc1cccc(F)c1)Cc1ccc(F)cc1.